The molecule has 2 atom stereocenters. The lowest BCUT2D eigenvalue weighted by atomic mass is 9.99. The van der Waals surface area contributed by atoms with Crippen LogP contribution in [0.15, 0.2) is 42.5 Å². The van der Waals surface area contributed by atoms with Crippen LogP contribution in [0, 0.1) is 12.7 Å². The first kappa shape index (κ1) is 12.9. The van der Waals surface area contributed by atoms with Gasteiger partial charge in [0, 0.05) is 5.56 Å². The second-order valence-corrected chi connectivity index (χ2v) is 4.92. The maximum Gasteiger partial charge on any atom is 0.167 e. The first-order chi connectivity index (χ1) is 9.66. The normalized spacial score (nSPS) is 20.9. The van der Waals surface area contributed by atoms with E-state index in [1.54, 1.807) is 25.1 Å². The molecule has 2 aromatic carbocycles. The molecule has 0 spiro atoms. The van der Waals surface area contributed by atoms with E-state index in [9.17, 15) is 4.39 Å². The lowest BCUT2D eigenvalue weighted by Crippen LogP contribution is -2.40. The van der Waals surface area contributed by atoms with Gasteiger partial charge in [0.2, 0.25) is 0 Å². The van der Waals surface area contributed by atoms with E-state index in [1.165, 1.54) is 0 Å². The molecule has 4 heteroatoms. The highest BCUT2D eigenvalue weighted by Gasteiger charge is 2.30. The smallest absolute Gasteiger partial charge is 0.167 e. The molecule has 0 saturated carbocycles. The van der Waals surface area contributed by atoms with E-state index in [2.05, 4.69) is 0 Å². The Morgan fingerprint density at radius 1 is 1.20 bits per heavy atom. The Bertz CT molecular complexity index is 630. The number of hydrogen-bond donors (Lipinski definition) is 1. The summed E-state index contributed by atoms with van der Waals surface area (Å²) in [6.45, 7) is 2.01. The summed E-state index contributed by atoms with van der Waals surface area (Å²) in [5.41, 5.74) is 7.63. The largest absolute Gasteiger partial charge is 0.489 e. The van der Waals surface area contributed by atoms with Crippen molar-refractivity contribution in [2.24, 2.45) is 5.73 Å². The summed E-state index contributed by atoms with van der Waals surface area (Å²) in [7, 11) is 0. The minimum absolute atomic E-state index is 0.216. The highest BCUT2D eigenvalue weighted by Crippen LogP contribution is 2.33. The van der Waals surface area contributed by atoms with Gasteiger partial charge in [0.05, 0.1) is 6.04 Å². The van der Waals surface area contributed by atoms with Gasteiger partial charge in [-0.2, -0.15) is 0 Å². The first-order valence-electron chi connectivity index (χ1n) is 6.56. The van der Waals surface area contributed by atoms with Crippen LogP contribution in [-0.4, -0.2) is 12.7 Å². The molecule has 0 fully saturated rings. The first-order valence-corrected chi connectivity index (χ1v) is 6.56. The predicted molar refractivity (Wildman–Crippen MR) is 74.4 cm³/mol. The van der Waals surface area contributed by atoms with Crippen molar-refractivity contribution in [3.05, 3.63) is 59.4 Å². The monoisotopic (exact) mass is 273 g/mol. The highest BCUT2D eigenvalue weighted by molar-refractivity contribution is 5.39. The Hall–Kier alpha value is -2.07. The van der Waals surface area contributed by atoms with Gasteiger partial charge < -0.3 is 15.2 Å². The third-order valence-corrected chi connectivity index (χ3v) is 3.52. The number of halogens is 1. The summed E-state index contributed by atoms with van der Waals surface area (Å²) < 4.78 is 25.3. The predicted octanol–water partition coefficient (Wildman–Crippen LogP) is 2.97. The number of para-hydroxylation sites is 1. The van der Waals surface area contributed by atoms with Gasteiger partial charge in [-0.3, -0.25) is 0 Å². The topological polar surface area (TPSA) is 44.5 Å². The Labute approximate surface area is 117 Å². The summed E-state index contributed by atoms with van der Waals surface area (Å²) in [4.78, 5) is 0. The van der Waals surface area contributed by atoms with Crippen LogP contribution in [0.2, 0.25) is 0 Å². The van der Waals surface area contributed by atoms with Crippen LogP contribution in [0.4, 0.5) is 4.39 Å². The van der Waals surface area contributed by atoms with Gasteiger partial charge in [0.15, 0.2) is 17.7 Å². The molecule has 3 nitrogen and oxygen atoms in total. The minimum atomic E-state index is -0.402. The summed E-state index contributed by atoms with van der Waals surface area (Å²) in [5, 5.41) is 0. The molecular formula is C16H16FNO2. The van der Waals surface area contributed by atoms with Crippen LogP contribution in [0.25, 0.3) is 0 Å². The Kier molecular flexibility index (Phi) is 3.32. The fourth-order valence-electron chi connectivity index (χ4n) is 2.35. The van der Waals surface area contributed by atoms with Gasteiger partial charge in [0.25, 0.3) is 0 Å². The highest BCUT2D eigenvalue weighted by atomic mass is 19.1. The number of benzene rings is 2. The van der Waals surface area contributed by atoms with Crippen molar-refractivity contribution >= 4 is 0 Å². The quantitative estimate of drug-likeness (QED) is 0.915. The van der Waals surface area contributed by atoms with Gasteiger partial charge in [-0.25, -0.2) is 4.39 Å². The third kappa shape index (κ3) is 2.23. The summed E-state index contributed by atoms with van der Waals surface area (Å²) in [5.74, 6) is 0.636. The Morgan fingerprint density at radius 3 is 2.85 bits per heavy atom. The van der Waals surface area contributed by atoms with Crippen molar-refractivity contribution in [2.75, 3.05) is 6.61 Å². The SMILES string of the molecule is Cc1cccc(OC2COc3ccccc3C2N)c1F. The van der Waals surface area contributed by atoms with Crippen LogP contribution in [0.5, 0.6) is 11.5 Å². The van der Waals surface area contributed by atoms with E-state index in [1.807, 2.05) is 24.3 Å². The van der Waals surface area contributed by atoms with Gasteiger partial charge in [-0.1, -0.05) is 30.3 Å². The minimum Gasteiger partial charge on any atom is -0.489 e. The number of ether oxygens (including phenoxy) is 2. The molecule has 2 N–H and O–H groups in total. The fourth-order valence-corrected chi connectivity index (χ4v) is 2.35. The maximum atomic E-state index is 14.0. The van der Waals surface area contributed by atoms with E-state index < -0.39 is 6.10 Å². The van der Waals surface area contributed by atoms with Gasteiger partial charge in [-0.05, 0) is 24.6 Å². The van der Waals surface area contributed by atoms with E-state index >= 15 is 0 Å². The molecule has 0 saturated heterocycles. The lowest BCUT2D eigenvalue weighted by molar-refractivity contribution is 0.0841. The van der Waals surface area contributed by atoms with Gasteiger partial charge >= 0.3 is 0 Å². The molecule has 2 aromatic rings. The molecule has 0 radical (unpaired) electrons. The zero-order valence-electron chi connectivity index (χ0n) is 11.2. The van der Waals surface area contributed by atoms with Crippen LogP contribution in [0.1, 0.15) is 17.2 Å². The number of fused-ring (bicyclic) bond motifs is 1. The number of rotatable bonds is 2. The molecule has 0 aliphatic carbocycles. The van der Waals surface area contributed by atoms with Crippen molar-refractivity contribution in [1.82, 2.24) is 0 Å². The van der Waals surface area contributed by atoms with Gasteiger partial charge in [-0.15, -0.1) is 0 Å². The van der Waals surface area contributed by atoms with Crippen LogP contribution < -0.4 is 15.2 Å². The summed E-state index contributed by atoms with van der Waals surface area (Å²) in [6, 6.07) is 12.3. The van der Waals surface area contributed by atoms with E-state index in [-0.39, 0.29) is 17.6 Å². The second kappa shape index (κ2) is 5.13. The standard InChI is InChI=1S/C16H16FNO2/c1-10-5-4-8-13(15(10)17)20-14-9-19-12-7-3-2-6-11(12)16(14)18/h2-8,14,16H,9,18H2,1H3. The molecular weight excluding hydrogens is 257 g/mol. The average Bonchev–Trinajstić information content (AvgIpc) is 2.47. The molecule has 1 heterocycles. The zero-order valence-corrected chi connectivity index (χ0v) is 11.2. The molecule has 1 aliphatic rings. The summed E-state index contributed by atoms with van der Waals surface area (Å²) >= 11 is 0. The van der Waals surface area contributed by atoms with Gasteiger partial charge in [0.1, 0.15) is 12.4 Å². The molecule has 3 rings (SSSR count). The second-order valence-electron chi connectivity index (χ2n) is 4.92. The van der Waals surface area contributed by atoms with Crippen LogP contribution >= 0.6 is 0 Å². The maximum absolute atomic E-state index is 14.0. The van der Waals surface area contributed by atoms with Crippen molar-refractivity contribution in [3.8, 4) is 11.5 Å². The van der Waals surface area contributed by atoms with Crippen molar-refractivity contribution < 1.29 is 13.9 Å². The van der Waals surface area contributed by atoms with Crippen molar-refractivity contribution in [1.29, 1.82) is 0 Å². The molecule has 2 unspecified atom stereocenters. The molecule has 0 aromatic heterocycles. The molecule has 104 valence electrons. The number of hydrogen-bond acceptors (Lipinski definition) is 3. The number of nitrogens with two attached hydrogens (primary N) is 1. The van der Waals surface area contributed by atoms with Crippen LogP contribution in [0.3, 0.4) is 0 Å². The Morgan fingerprint density at radius 2 is 2.00 bits per heavy atom. The van der Waals surface area contributed by atoms with Crippen LogP contribution in [-0.2, 0) is 0 Å². The van der Waals surface area contributed by atoms with Crippen molar-refractivity contribution in [2.45, 2.75) is 19.1 Å². The lowest BCUT2D eigenvalue weighted by Gasteiger charge is -2.31. The Balaban J connectivity index is 1.85. The molecule has 0 amide bonds. The third-order valence-electron chi connectivity index (χ3n) is 3.52. The fraction of sp³-hybridized carbons (Fsp3) is 0.250. The molecule has 20 heavy (non-hydrogen) atoms. The summed E-state index contributed by atoms with van der Waals surface area (Å²) in [6.07, 6.45) is -0.402. The van der Waals surface area contributed by atoms with E-state index in [4.69, 9.17) is 15.2 Å². The van der Waals surface area contributed by atoms with Crippen molar-refractivity contribution in [3.63, 3.8) is 0 Å². The molecule has 1 aliphatic heterocycles. The molecule has 0 bridgehead atoms. The number of aryl methyl sites for hydroxylation is 1. The van der Waals surface area contributed by atoms with E-state index in [0.29, 0.717) is 12.2 Å². The van der Waals surface area contributed by atoms with E-state index in [0.717, 1.165) is 11.3 Å². The zero-order chi connectivity index (χ0) is 14.1. The average molecular weight is 273 g/mol.